The van der Waals surface area contributed by atoms with Crippen LogP contribution in [0.15, 0.2) is 0 Å². The summed E-state index contributed by atoms with van der Waals surface area (Å²) in [7, 11) is 4.07. The molecule has 2 atom stereocenters. The van der Waals surface area contributed by atoms with Crippen LogP contribution in [0.4, 0.5) is 0 Å². The molecule has 0 aromatic carbocycles. The quantitative estimate of drug-likeness (QED) is 0.737. The predicted molar refractivity (Wildman–Crippen MR) is 74.9 cm³/mol. The first kappa shape index (κ1) is 14.8. The van der Waals surface area contributed by atoms with E-state index in [0.717, 1.165) is 32.4 Å². The normalized spacial score (nSPS) is 28.1. The van der Waals surface area contributed by atoms with Crippen molar-refractivity contribution < 1.29 is 9.90 Å². The maximum atomic E-state index is 12.3. The zero-order valence-electron chi connectivity index (χ0n) is 12.4. The van der Waals surface area contributed by atoms with Gasteiger partial charge in [-0.3, -0.25) is 9.69 Å². The minimum Gasteiger partial charge on any atom is -0.392 e. The monoisotopic (exact) mass is 269 g/mol. The van der Waals surface area contributed by atoms with E-state index in [0.29, 0.717) is 25.2 Å². The Morgan fingerprint density at radius 3 is 2.58 bits per heavy atom. The minimum atomic E-state index is -0.284. The van der Waals surface area contributed by atoms with Crippen LogP contribution in [0.3, 0.4) is 0 Å². The molecule has 5 heteroatoms. The summed E-state index contributed by atoms with van der Waals surface area (Å²) in [5.41, 5.74) is 0. The number of rotatable bonds is 6. The molecule has 1 N–H and O–H groups in total. The molecule has 0 bridgehead atoms. The van der Waals surface area contributed by atoms with Gasteiger partial charge < -0.3 is 14.9 Å². The number of likely N-dealkylation sites (N-methyl/N-ethyl adjacent to an activating group) is 2. The summed E-state index contributed by atoms with van der Waals surface area (Å²) in [6.45, 7) is 4.84. The standard InChI is InChI=1S/C14H27N3O2/c1-4-17(11-5-6-11)14(19)10-16-9-13(18)7-12(16)8-15(2)3/h11-13,18H,4-10H2,1-3H3. The van der Waals surface area contributed by atoms with Crippen LogP contribution < -0.4 is 0 Å². The van der Waals surface area contributed by atoms with Crippen molar-refractivity contribution in [2.75, 3.05) is 40.3 Å². The highest BCUT2D eigenvalue weighted by atomic mass is 16.3. The van der Waals surface area contributed by atoms with Gasteiger partial charge in [0.1, 0.15) is 0 Å². The number of β-amino-alcohol motifs (C(OH)–C–C–N with tert-alkyl or cyclic N) is 1. The molecule has 0 spiro atoms. The van der Waals surface area contributed by atoms with Crippen molar-refractivity contribution in [1.29, 1.82) is 0 Å². The lowest BCUT2D eigenvalue weighted by molar-refractivity contribution is -0.133. The molecule has 110 valence electrons. The van der Waals surface area contributed by atoms with Gasteiger partial charge in [0, 0.05) is 31.7 Å². The number of amides is 1. The largest absolute Gasteiger partial charge is 0.392 e. The Morgan fingerprint density at radius 1 is 1.37 bits per heavy atom. The van der Waals surface area contributed by atoms with Gasteiger partial charge in [0.2, 0.25) is 5.91 Å². The van der Waals surface area contributed by atoms with Gasteiger partial charge in [-0.25, -0.2) is 0 Å². The van der Waals surface area contributed by atoms with Crippen LogP contribution in [-0.4, -0.2) is 84.2 Å². The molecule has 0 aromatic rings. The fourth-order valence-corrected chi connectivity index (χ4v) is 3.05. The van der Waals surface area contributed by atoms with E-state index in [4.69, 9.17) is 0 Å². The third kappa shape index (κ3) is 3.91. The van der Waals surface area contributed by atoms with Gasteiger partial charge in [-0.2, -0.15) is 0 Å². The Kier molecular flexibility index (Phi) is 4.81. The third-order valence-corrected chi connectivity index (χ3v) is 4.07. The minimum absolute atomic E-state index is 0.225. The second-order valence-corrected chi connectivity index (χ2v) is 6.15. The first-order chi connectivity index (χ1) is 9.01. The lowest BCUT2D eigenvalue weighted by Gasteiger charge is -2.29. The maximum absolute atomic E-state index is 12.3. The fourth-order valence-electron chi connectivity index (χ4n) is 3.05. The molecule has 2 fully saturated rings. The van der Waals surface area contributed by atoms with Gasteiger partial charge in [-0.1, -0.05) is 0 Å². The van der Waals surface area contributed by atoms with Crippen LogP contribution in [-0.2, 0) is 4.79 Å². The molecule has 2 rings (SSSR count). The number of hydrogen-bond donors (Lipinski definition) is 1. The molecule has 1 aliphatic carbocycles. The lowest BCUT2D eigenvalue weighted by Crippen LogP contribution is -2.45. The van der Waals surface area contributed by atoms with Crippen molar-refractivity contribution in [3.05, 3.63) is 0 Å². The van der Waals surface area contributed by atoms with Crippen LogP contribution in [0.2, 0.25) is 0 Å². The first-order valence-corrected chi connectivity index (χ1v) is 7.37. The van der Waals surface area contributed by atoms with Crippen molar-refractivity contribution in [1.82, 2.24) is 14.7 Å². The molecule has 19 heavy (non-hydrogen) atoms. The molecular formula is C14H27N3O2. The smallest absolute Gasteiger partial charge is 0.236 e. The van der Waals surface area contributed by atoms with E-state index in [2.05, 4.69) is 9.80 Å². The molecule has 1 saturated heterocycles. The van der Waals surface area contributed by atoms with E-state index in [9.17, 15) is 9.90 Å². The molecule has 1 saturated carbocycles. The average Bonchev–Trinajstić information content (AvgIpc) is 3.06. The number of nitrogens with zero attached hydrogens (tertiary/aromatic N) is 3. The number of likely N-dealkylation sites (tertiary alicyclic amines) is 1. The number of hydrogen-bond acceptors (Lipinski definition) is 4. The third-order valence-electron chi connectivity index (χ3n) is 4.07. The Bertz CT molecular complexity index is 318. The van der Waals surface area contributed by atoms with Crippen LogP contribution >= 0.6 is 0 Å². The highest BCUT2D eigenvalue weighted by Crippen LogP contribution is 2.27. The van der Waals surface area contributed by atoms with Crippen molar-refractivity contribution >= 4 is 5.91 Å². The van der Waals surface area contributed by atoms with Crippen LogP contribution in [0.1, 0.15) is 26.2 Å². The van der Waals surface area contributed by atoms with E-state index in [1.807, 2.05) is 25.9 Å². The topological polar surface area (TPSA) is 47.0 Å². The van der Waals surface area contributed by atoms with Crippen LogP contribution in [0, 0.1) is 0 Å². The Morgan fingerprint density at radius 2 is 2.05 bits per heavy atom. The van der Waals surface area contributed by atoms with Gasteiger partial charge in [0.05, 0.1) is 12.6 Å². The summed E-state index contributed by atoms with van der Waals surface area (Å²) >= 11 is 0. The molecule has 2 unspecified atom stereocenters. The summed E-state index contributed by atoms with van der Waals surface area (Å²) in [4.78, 5) is 18.6. The Labute approximate surface area is 116 Å². The maximum Gasteiger partial charge on any atom is 0.236 e. The summed E-state index contributed by atoms with van der Waals surface area (Å²) in [5.74, 6) is 0.225. The van der Waals surface area contributed by atoms with Gasteiger partial charge >= 0.3 is 0 Å². The molecule has 1 aliphatic heterocycles. The predicted octanol–water partition coefficient (Wildman–Crippen LogP) is -0.00590. The van der Waals surface area contributed by atoms with Crippen molar-refractivity contribution in [2.45, 2.75) is 44.4 Å². The first-order valence-electron chi connectivity index (χ1n) is 7.37. The zero-order valence-corrected chi connectivity index (χ0v) is 12.4. The Balaban J connectivity index is 1.90. The van der Waals surface area contributed by atoms with Gasteiger partial charge in [-0.15, -0.1) is 0 Å². The van der Waals surface area contributed by atoms with Gasteiger partial charge in [-0.05, 0) is 40.3 Å². The van der Waals surface area contributed by atoms with Crippen molar-refractivity contribution in [2.24, 2.45) is 0 Å². The molecule has 1 amide bonds. The highest BCUT2D eigenvalue weighted by molar-refractivity contribution is 5.79. The van der Waals surface area contributed by atoms with E-state index in [1.54, 1.807) is 0 Å². The van der Waals surface area contributed by atoms with Crippen molar-refractivity contribution in [3.63, 3.8) is 0 Å². The molecule has 5 nitrogen and oxygen atoms in total. The van der Waals surface area contributed by atoms with E-state index >= 15 is 0 Å². The van der Waals surface area contributed by atoms with Gasteiger partial charge in [0.15, 0.2) is 0 Å². The van der Waals surface area contributed by atoms with E-state index in [1.165, 1.54) is 0 Å². The summed E-state index contributed by atoms with van der Waals surface area (Å²) in [6, 6.07) is 0.782. The van der Waals surface area contributed by atoms with E-state index in [-0.39, 0.29) is 12.0 Å². The van der Waals surface area contributed by atoms with Crippen LogP contribution in [0.25, 0.3) is 0 Å². The van der Waals surface area contributed by atoms with Gasteiger partial charge in [0.25, 0.3) is 0 Å². The number of carbonyl (C=O) groups excluding carboxylic acids is 1. The van der Waals surface area contributed by atoms with Crippen molar-refractivity contribution in [3.8, 4) is 0 Å². The molecule has 0 radical (unpaired) electrons. The number of aliphatic hydroxyl groups is 1. The summed E-state index contributed by atoms with van der Waals surface area (Å²) in [6.07, 6.45) is 2.81. The lowest BCUT2D eigenvalue weighted by atomic mass is 10.2. The second kappa shape index (κ2) is 6.20. The molecular weight excluding hydrogens is 242 g/mol. The molecule has 1 heterocycles. The summed E-state index contributed by atoms with van der Waals surface area (Å²) < 4.78 is 0. The average molecular weight is 269 g/mol. The molecule has 0 aromatic heterocycles. The number of aliphatic hydroxyl groups excluding tert-OH is 1. The van der Waals surface area contributed by atoms with E-state index < -0.39 is 0 Å². The fraction of sp³-hybridized carbons (Fsp3) is 0.929. The Hall–Kier alpha value is -0.650. The second-order valence-electron chi connectivity index (χ2n) is 6.15. The highest BCUT2D eigenvalue weighted by Gasteiger charge is 2.36. The number of carbonyl (C=O) groups is 1. The zero-order chi connectivity index (χ0) is 14.0. The van der Waals surface area contributed by atoms with Crippen LogP contribution in [0.5, 0.6) is 0 Å². The SMILES string of the molecule is CCN(C(=O)CN1CC(O)CC1CN(C)C)C1CC1. The molecule has 2 aliphatic rings. The summed E-state index contributed by atoms with van der Waals surface area (Å²) in [5, 5.41) is 9.83.